The zero-order chi connectivity index (χ0) is 54.5. The van der Waals surface area contributed by atoms with Gasteiger partial charge in [0.25, 0.3) is 0 Å². The van der Waals surface area contributed by atoms with Crippen molar-refractivity contribution in [2.75, 3.05) is 0 Å². The largest absolute Gasteiger partial charge is 0.417 e. The fourth-order valence-electron chi connectivity index (χ4n) is 10.5. The van der Waals surface area contributed by atoms with Gasteiger partial charge in [-0.3, -0.25) is 0 Å². The second kappa shape index (κ2) is 18.2. The van der Waals surface area contributed by atoms with Crippen molar-refractivity contribution in [2.45, 2.75) is 61.6 Å². The quantitative estimate of drug-likeness (QED) is 0.145. The van der Waals surface area contributed by atoms with Crippen LogP contribution in [-0.2, 0) is 6.18 Å². The molecular formula is C59H41F3N16. The lowest BCUT2D eigenvalue weighted by molar-refractivity contribution is -0.137. The van der Waals surface area contributed by atoms with E-state index >= 15 is 13.2 Å². The number of aryl methyl sites for hydroxylation is 8. The number of aromatic nitrogens is 14. The topological polar surface area (TPSA) is 212 Å². The van der Waals surface area contributed by atoms with Crippen LogP contribution in [0.4, 0.5) is 13.2 Å². The third kappa shape index (κ3) is 8.43. The minimum Gasteiger partial charge on any atom is -0.308 e. The predicted octanol–water partition coefficient (Wildman–Crippen LogP) is 12.2. The Morgan fingerprint density at radius 2 is 0.654 bits per heavy atom. The summed E-state index contributed by atoms with van der Waals surface area (Å²) in [5, 5.41) is 24.3. The summed E-state index contributed by atoms with van der Waals surface area (Å²) in [6, 6.07) is 33.9. The zero-order valence-electron chi connectivity index (χ0n) is 43.1. The van der Waals surface area contributed by atoms with Crippen LogP contribution in [0.25, 0.3) is 112 Å². The standard InChI is InChI=1S/C59H41F3N16/c1-28-65-29(2)70-55(69-28)38-10-15-42-43-16-11-39(56-71-30(3)66-31(4)72-56)23-49(43)77(48(42)22-38)52-20-37(27-64)21-53(54(52)46-14-9-36(26-63)19-47(46)59(60,61)62)78-50-24-40(57-73-32(5)67-33(6)74-57)12-17-44(50)45-18-13-41(25-51(45)78)58-75-34(7)68-35(8)76-58/h9-25H,1-8H3. The lowest BCUT2D eigenvalue weighted by Crippen LogP contribution is -2.11. The van der Waals surface area contributed by atoms with Gasteiger partial charge in [-0.15, -0.1) is 0 Å². The van der Waals surface area contributed by atoms with E-state index in [-0.39, 0.29) is 33.6 Å². The van der Waals surface area contributed by atoms with E-state index in [0.29, 0.717) is 114 Å². The first-order chi connectivity index (χ1) is 37.4. The van der Waals surface area contributed by atoms with Crippen LogP contribution in [0, 0.1) is 78.1 Å². The predicted molar refractivity (Wildman–Crippen MR) is 288 cm³/mol. The lowest BCUT2D eigenvalue weighted by atomic mass is 9.92. The molecule has 6 aromatic carbocycles. The SMILES string of the molecule is Cc1nc(C)nc(-c2ccc3c4ccc(-c5nc(C)nc(C)n5)cc4n(-c4cc(C#N)cc(-n5c6cc(-c7nc(C)nc(C)n7)ccc6c6ccc(-c7nc(C)nc(C)n7)cc65)c4-c4ccc(C#N)cc4C(F)(F)F)c3c2)n1. The first-order valence-corrected chi connectivity index (χ1v) is 24.6. The Balaban J connectivity index is 1.29. The summed E-state index contributed by atoms with van der Waals surface area (Å²) in [5.74, 6) is 5.54. The van der Waals surface area contributed by atoms with Gasteiger partial charge in [0, 0.05) is 49.4 Å². The summed E-state index contributed by atoms with van der Waals surface area (Å²) < 4.78 is 52.1. The molecule has 0 saturated heterocycles. The molecule has 0 N–H and O–H groups in total. The van der Waals surface area contributed by atoms with Gasteiger partial charge in [-0.05, 0) is 109 Å². The number of fused-ring (bicyclic) bond motifs is 6. The highest BCUT2D eigenvalue weighted by Crippen LogP contribution is 2.48. The van der Waals surface area contributed by atoms with E-state index in [1.54, 1.807) is 67.5 Å². The van der Waals surface area contributed by atoms with E-state index in [1.165, 1.54) is 12.1 Å². The molecule has 0 aliphatic rings. The number of halogens is 3. The Morgan fingerprint density at radius 3 is 0.923 bits per heavy atom. The van der Waals surface area contributed by atoms with E-state index in [4.69, 9.17) is 39.9 Å². The summed E-state index contributed by atoms with van der Waals surface area (Å²) in [6.07, 6.45) is -4.99. The van der Waals surface area contributed by atoms with Gasteiger partial charge in [0.1, 0.15) is 46.6 Å². The Hall–Kier alpha value is -10.3. The first kappa shape index (κ1) is 48.7. The van der Waals surface area contributed by atoms with Crippen LogP contribution in [0.1, 0.15) is 63.3 Å². The van der Waals surface area contributed by atoms with E-state index < -0.39 is 11.7 Å². The fourth-order valence-corrected chi connectivity index (χ4v) is 10.5. The maximum Gasteiger partial charge on any atom is 0.417 e. The van der Waals surface area contributed by atoms with Crippen molar-refractivity contribution in [2.24, 2.45) is 0 Å². The molecule has 12 rings (SSSR count). The number of alkyl halides is 3. The molecule has 0 amide bonds. The highest BCUT2D eigenvalue weighted by molar-refractivity contribution is 6.14. The average Bonchev–Trinajstić information content (AvgIpc) is 4.12. The minimum atomic E-state index is -4.99. The Labute approximate surface area is 442 Å². The van der Waals surface area contributed by atoms with Gasteiger partial charge >= 0.3 is 6.18 Å². The van der Waals surface area contributed by atoms with Crippen molar-refractivity contribution < 1.29 is 13.2 Å². The fraction of sp³-hybridized carbons (Fsp3) is 0.153. The van der Waals surface area contributed by atoms with Crippen LogP contribution >= 0.6 is 0 Å². The summed E-state index contributed by atoms with van der Waals surface area (Å²) >= 11 is 0. The first-order valence-electron chi connectivity index (χ1n) is 24.6. The zero-order valence-corrected chi connectivity index (χ0v) is 43.1. The Morgan fingerprint density at radius 1 is 0.359 bits per heavy atom. The number of benzene rings is 6. The molecule has 12 aromatic rings. The van der Waals surface area contributed by atoms with Crippen LogP contribution in [0.2, 0.25) is 0 Å². The van der Waals surface area contributed by atoms with E-state index in [2.05, 4.69) is 26.0 Å². The second-order valence-corrected chi connectivity index (χ2v) is 19.0. The molecule has 0 unspecified atom stereocenters. The summed E-state index contributed by atoms with van der Waals surface area (Å²) in [5.41, 5.74) is 3.69. The minimum absolute atomic E-state index is 0.0763. The molecule has 78 heavy (non-hydrogen) atoms. The molecule has 0 aliphatic heterocycles. The molecule has 6 heterocycles. The molecule has 16 nitrogen and oxygen atoms in total. The van der Waals surface area contributed by atoms with Crippen LogP contribution < -0.4 is 0 Å². The molecule has 0 radical (unpaired) electrons. The molecule has 0 spiro atoms. The maximum absolute atomic E-state index is 16.1. The van der Waals surface area contributed by atoms with Crippen molar-refractivity contribution in [1.82, 2.24) is 68.9 Å². The normalized spacial score (nSPS) is 11.8. The van der Waals surface area contributed by atoms with Gasteiger partial charge < -0.3 is 9.13 Å². The number of rotatable bonds is 7. The molecule has 378 valence electrons. The molecule has 0 fully saturated rings. The van der Waals surface area contributed by atoms with Crippen LogP contribution in [-0.4, -0.2) is 68.9 Å². The Kier molecular flexibility index (Phi) is 11.4. The molecule has 0 saturated carbocycles. The smallest absolute Gasteiger partial charge is 0.308 e. The third-order valence-corrected chi connectivity index (χ3v) is 13.4. The third-order valence-electron chi connectivity index (χ3n) is 13.4. The van der Waals surface area contributed by atoms with E-state index in [9.17, 15) is 10.5 Å². The van der Waals surface area contributed by atoms with Gasteiger partial charge in [0.15, 0.2) is 23.3 Å². The molecule has 19 heteroatoms. The van der Waals surface area contributed by atoms with E-state index in [0.717, 1.165) is 27.6 Å². The Bertz CT molecular complexity index is 4090. The molecular weight excluding hydrogens is 990 g/mol. The summed E-state index contributed by atoms with van der Waals surface area (Å²) in [6.45, 7) is 14.2. The van der Waals surface area contributed by atoms with Gasteiger partial charge in [-0.25, -0.2) is 59.8 Å². The van der Waals surface area contributed by atoms with Gasteiger partial charge in [-0.2, -0.15) is 23.7 Å². The van der Waals surface area contributed by atoms with Crippen LogP contribution in [0.3, 0.4) is 0 Å². The van der Waals surface area contributed by atoms with Gasteiger partial charge in [0.2, 0.25) is 0 Å². The average molecular weight is 1030 g/mol. The summed E-state index contributed by atoms with van der Waals surface area (Å²) in [7, 11) is 0. The lowest BCUT2D eigenvalue weighted by Gasteiger charge is -2.23. The second-order valence-electron chi connectivity index (χ2n) is 19.0. The van der Waals surface area contributed by atoms with Crippen molar-refractivity contribution in [3.05, 3.63) is 166 Å². The van der Waals surface area contributed by atoms with Crippen LogP contribution in [0.15, 0.2) is 103 Å². The van der Waals surface area contributed by atoms with E-state index in [1.807, 2.05) is 88.0 Å². The van der Waals surface area contributed by atoms with Crippen molar-refractivity contribution in [1.29, 1.82) is 10.5 Å². The molecule has 0 aliphatic carbocycles. The molecule has 6 aromatic heterocycles. The van der Waals surface area contributed by atoms with Gasteiger partial charge in [-0.1, -0.05) is 54.6 Å². The highest BCUT2D eigenvalue weighted by atomic mass is 19.4. The van der Waals surface area contributed by atoms with Crippen molar-refractivity contribution in [3.63, 3.8) is 0 Å². The number of hydrogen-bond donors (Lipinski definition) is 0. The molecule has 0 bridgehead atoms. The van der Waals surface area contributed by atoms with Crippen molar-refractivity contribution in [3.8, 4) is 80.2 Å². The summed E-state index contributed by atoms with van der Waals surface area (Å²) in [4.78, 5) is 55.2. The van der Waals surface area contributed by atoms with Crippen molar-refractivity contribution >= 4 is 43.6 Å². The number of nitriles is 2. The monoisotopic (exact) mass is 1030 g/mol. The number of nitrogens with zero attached hydrogens (tertiary/aromatic N) is 16. The van der Waals surface area contributed by atoms with Crippen LogP contribution in [0.5, 0.6) is 0 Å². The maximum atomic E-state index is 16.1. The molecule has 0 atom stereocenters. The van der Waals surface area contributed by atoms with Gasteiger partial charge in [0.05, 0.1) is 62.3 Å². The number of hydrogen-bond acceptors (Lipinski definition) is 14. The highest BCUT2D eigenvalue weighted by Gasteiger charge is 2.37.